The highest BCUT2D eigenvalue weighted by Gasteiger charge is 2.25. The average molecular weight is 468 g/mol. The van der Waals surface area contributed by atoms with Crippen molar-refractivity contribution in [2.75, 3.05) is 27.2 Å². The van der Waals surface area contributed by atoms with E-state index in [1.807, 2.05) is 14.0 Å². The van der Waals surface area contributed by atoms with Crippen molar-refractivity contribution in [3.8, 4) is 11.1 Å². The number of nitrogens with one attached hydrogen (secondary N) is 1. The Morgan fingerprint density at radius 1 is 1.26 bits per heavy atom. The van der Waals surface area contributed by atoms with Crippen LogP contribution < -0.4 is 5.32 Å². The summed E-state index contributed by atoms with van der Waals surface area (Å²) in [6.07, 6.45) is 1.89. The number of nitrogens with zero attached hydrogens (tertiary/aromatic N) is 2. The standard InChI is InChI=1S/C23H28Cl2FN3O2/c1-14(27-23(31)29(3)18-6-8-28(2)9-7-18)19-4-5-20(22(25)21(19)24)16-10-15(13-30)11-17(26)12-16/h4-5,10-12,14,18,30H,6-9,13H2,1-3H3,(H,27,31). The number of piperidine rings is 1. The summed E-state index contributed by atoms with van der Waals surface area (Å²) in [7, 11) is 3.90. The molecule has 0 radical (unpaired) electrons. The molecule has 5 nitrogen and oxygen atoms in total. The van der Waals surface area contributed by atoms with Crippen molar-refractivity contribution < 1.29 is 14.3 Å². The summed E-state index contributed by atoms with van der Waals surface area (Å²) < 4.78 is 13.9. The maximum atomic E-state index is 13.9. The minimum atomic E-state index is -0.463. The zero-order valence-corrected chi connectivity index (χ0v) is 19.5. The third kappa shape index (κ3) is 5.50. The first-order valence-electron chi connectivity index (χ1n) is 10.3. The number of aliphatic hydroxyl groups excluding tert-OH is 1. The summed E-state index contributed by atoms with van der Waals surface area (Å²) in [5, 5.41) is 12.9. The third-order valence-corrected chi connectivity index (χ3v) is 6.82. The molecule has 0 saturated carbocycles. The fraction of sp³-hybridized carbons (Fsp3) is 0.435. The van der Waals surface area contributed by atoms with Crippen LogP contribution in [0.5, 0.6) is 0 Å². The number of rotatable bonds is 5. The van der Waals surface area contributed by atoms with Crippen LogP contribution in [0, 0.1) is 5.82 Å². The lowest BCUT2D eigenvalue weighted by atomic mass is 9.99. The molecule has 1 heterocycles. The van der Waals surface area contributed by atoms with Crippen LogP contribution >= 0.6 is 23.2 Å². The Morgan fingerprint density at radius 2 is 1.94 bits per heavy atom. The van der Waals surface area contributed by atoms with Gasteiger partial charge in [-0.05, 0) is 74.8 Å². The van der Waals surface area contributed by atoms with Gasteiger partial charge in [0.05, 0.1) is 22.7 Å². The molecule has 2 aromatic carbocycles. The maximum absolute atomic E-state index is 13.9. The smallest absolute Gasteiger partial charge is 0.317 e. The van der Waals surface area contributed by atoms with Crippen LogP contribution in [-0.2, 0) is 6.61 Å². The van der Waals surface area contributed by atoms with Gasteiger partial charge in [-0.15, -0.1) is 0 Å². The first kappa shape index (κ1) is 23.8. The number of aliphatic hydroxyl groups is 1. The van der Waals surface area contributed by atoms with Crippen molar-refractivity contribution in [1.82, 2.24) is 15.1 Å². The van der Waals surface area contributed by atoms with Crippen molar-refractivity contribution in [3.63, 3.8) is 0 Å². The van der Waals surface area contributed by atoms with Crippen molar-refractivity contribution >= 4 is 29.2 Å². The highest BCUT2D eigenvalue weighted by molar-refractivity contribution is 6.44. The molecule has 0 bridgehead atoms. The van der Waals surface area contributed by atoms with E-state index in [1.165, 1.54) is 12.1 Å². The van der Waals surface area contributed by atoms with Crippen LogP contribution in [0.2, 0.25) is 10.0 Å². The van der Waals surface area contributed by atoms with Gasteiger partial charge in [0.1, 0.15) is 5.82 Å². The Balaban J connectivity index is 1.76. The SMILES string of the molecule is CC(NC(=O)N(C)C1CCN(C)CC1)c1ccc(-c2cc(F)cc(CO)c2)c(Cl)c1Cl. The molecular formula is C23H28Cl2FN3O2. The van der Waals surface area contributed by atoms with Crippen LogP contribution in [0.15, 0.2) is 30.3 Å². The lowest BCUT2D eigenvalue weighted by molar-refractivity contribution is 0.146. The van der Waals surface area contributed by atoms with E-state index in [0.717, 1.165) is 25.9 Å². The lowest BCUT2D eigenvalue weighted by Crippen LogP contribution is -2.48. The van der Waals surface area contributed by atoms with Gasteiger partial charge >= 0.3 is 6.03 Å². The Bertz CT molecular complexity index is 949. The molecule has 0 aliphatic carbocycles. The van der Waals surface area contributed by atoms with Gasteiger partial charge in [0.15, 0.2) is 0 Å². The second-order valence-electron chi connectivity index (χ2n) is 8.15. The maximum Gasteiger partial charge on any atom is 0.317 e. The molecule has 2 N–H and O–H groups in total. The van der Waals surface area contributed by atoms with E-state index in [0.29, 0.717) is 27.3 Å². The monoisotopic (exact) mass is 467 g/mol. The van der Waals surface area contributed by atoms with Crippen LogP contribution in [-0.4, -0.2) is 54.2 Å². The first-order chi connectivity index (χ1) is 14.7. The van der Waals surface area contributed by atoms with Crippen molar-refractivity contribution in [2.24, 2.45) is 0 Å². The number of hydrogen-bond donors (Lipinski definition) is 2. The molecule has 0 spiro atoms. The van der Waals surface area contributed by atoms with Gasteiger partial charge in [0.25, 0.3) is 0 Å². The highest BCUT2D eigenvalue weighted by atomic mass is 35.5. The molecule has 31 heavy (non-hydrogen) atoms. The van der Waals surface area contributed by atoms with Gasteiger partial charge in [-0.25, -0.2) is 9.18 Å². The third-order valence-electron chi connectivity index (χ3n) is 5.93. The number of halogens is 3. The molecule has 1 aliphatic rings. The predicted molar refractivity (Wildman–Crippen MR) is 123 cm³/mol. The summed E-state index contributed by atoms with van der Waals surface area (Å²) in [5.74, 6) is -0.463. The van der Waals surface area contributed by atoms with Gasteiger partial charge < -0.3 is 20.2 Å². The Kier molecular flexibility index (Phi) is 7.81. The quantitative estimate of drug-likeness (QED) is 0.643. The van der Waals surface area contributed by atoms with Crippen molar-refractivity contribution in [3.05, 3.63) is 57.3 Å². The minimum absolute atomic E-state index is 0.156. The van der Waals surface area contributed by atoms with E-state index >= 15 is 0 Å². The normalized spacial score (nSPS) is 16.2. The number of hydrogen-bond acceptors (Lipinski definition) is 3. The fourth-order valence-electron chi connectivity index (χ4n) is 3.93. The van der Waals surface area contributed by atoms with E-state index in [2.05, 4.69) is 17.3 Å². The summed E-state index contributed by atoms with van der Waals surface area (Å²) >= 11 is 13.1. The highest BCUT2D eigenvalue weighted by Crippen LogP contribution is 2.38. The Morgan fingerprint density at radius 3 is 2.58 bits per heavy atom. The van der Waals surface area contributed by atoms with E-state index in [1.54, 1.807) is 23.1 Å². The molecule has 8 heteroatoms. The van der Waals surface area contributed by atoms with Crippen molar-refractivity contribution in [2.45, 2.75) is 38.5 Å². The number of urea groups is 1. The number of benzene rings is 2. The van der Waals surface area contributed by atoms with Crippen LogP contribution in [0.4, 0.5) is 9.18 Å². The Labute approximate surface area is 192 Å². The molecule has 1 aliphatic heterocycles. The van der Waals surface area contributed by atoms with E-state index in [9.17, 15) is 14.3 Å². The molecule has 1 atom stereocenters. The zero-order valence-electron chi connectivity index (χ0n) is 18.0. The largest absolute Gasteiger partial charge is 0.392 e. The van der Waals surface area contributed by atoms with E-state index in [4.69, 9.17) is 23.2 Å². The average Bonchev–Trinajstić information content (AvgIpc) is 2.74. The summed E-state index contributed by atoms with van der Waals surface area (Å²) in [6, 6.07) is 7.51. The molecular weight excluding hydrogens is 440 g/mol. The molecule has 168 valence electrons. The summed E-state index contributed by atoms with van der Waals surface area (Å²) in [4.78, 5) is 16.8. The number of likely N-dealkylation sites (tertiary alicyclic amines) is 1. The lowest BCUT2D eigenvalue weighted by Gasteiger charge is -2.35. The fourth-order valence-corrected chi connectivity index (χ4v) is 4.54. The van der Waals surface area contributed by atoms with Gasteiger partial charge in [0.2, 0.25) is 0 Å². The second-order valence-corrected chi connectivity index (χ2v) is 8.91. The van der Waals surface area contributed by atoms with Gasteiger partial charge in [0, 0.05) is 18.7 Å². The molecule has 1 unspecified atom stereocenters. The van der Waals surface area contributed by atoms with Crippen molar-refractivity contribution in [1.29, 1.82) is 0 Å². The number of carbonyl (C=O) groups excluding carboxylic acids is 1. The molecule has 3 rings (SSSR count). The van der Waals surface area contributed by atoms with E-state index in [-0.39, 0.29) is 29.7 Å². The predicted octanol–water partition coefficient (Wildman–Crippen LogP) is 5.09. The molecule has 1 saturated heterocycles. The second kappa shape index (κ2) is 10.2. The number of carbonyl (C=O) groups is 1. The van der Waals surface area contributed by atoms with Crippen LogP contribution in [0.3, 0.4) is 0 Å². The van der Waals surface area contributed by atoms with Crippen LogP contribution in [0.1, 0.15) is 36.9 Å². The Hall–Kier alpha value is -1.86. The zero-order chi connectivity index (χ0) is 22.7. The van der Waals surface area contributed by atoms with Gasteiger partial charge in [-0.3, -0.25) is 0 Å². The molecule has 2 amide bonds. The first-order valence-corrected chi connectivity index (χ1v) is 11.1. The van der Waals surface area contributed by atoms with Gasteiger partial charge in [-0.1, -0.05) is 35.3 Å². The summed E-state index contributed by atoms with van der Waals surface area (Å²) in [5.41, 5.74) is 2.22. The topological polar surface area (TPSA) is 55.8 Å². The summed E-state index contributed by atoms with van der Waals surface area (Å²) in [6.45, 7) is 3.52. The minimum Gasteiger partial charge on any atom is -0.392 e. The van der Waals surface area contributed by atoms with E-state index < -0.39 is 5.82 Å². The molecule has 2 aromatic rings. The molecule has 0 aromatic heterocycles. The molecule has 1 fully saturated rings. The number of amides is 2. The van der Waals surface area contributed by atoms with Crippen LogP contribution in [0.25, 0.3) is 11.1 Å². The van der Waals surface area contributed by atoms with Gasteiger partial charge in [-0.2, -0.15) is 0 Å².